The van der Waals surface area contributed by atoms with Gasteiger partial charge in [-0.15, -0.1) is 0 Å². The molecule has 5 nitrogen and oxygen atoms in total. The Bertz CT molecular complexity index is 496. The van der Waals surface area contributed by atoms with Crippen molar-refractivity contribution in [2.45, 2.75) is 19.9 Å². The van der Waals surface area contributed by atoms with Crippen molar-refractivity contribution in [1.82, 2.24) is 5.32 Å². The Kier molecular flexibility index (Phi) is 5.75. The first kappa shape index (κ1) is 15.9. The summed E-state index contributed by atoms with van der Waals surface area (Å²) in [6.07, 6.45) is 0. The molecule has 0 heterocycles. The van der Waals surface area contributed by atoms with Crippen molar-refractivity contribution in [3.63, 3.8) is 0 Å². The molecule has 0 aliphatic rings. The molecule has 0 radical (unpaired) electrons. The number of carbonyl (C=O) groups excluding carboxylic acids is 1. The minimum absolute atomic E-state index is 0.0167. The van der Waals surface area contributed by atoms with Gasteiger partial charge in [0.25, 0.3) is 11.6 Å². The van der Waals surface area contributed by atoms with Gasteiger partial charge in [0.15, 0.2) is 0 Å². The lowest BCUT2D eigenvalue weighted by atomic mass is 10.1. The maximum Gasteiger partial charge on any atom is 0.283 e. The number of hydrogen-bond acceptors (Lipinski definition) is 3. The number of carbonyl (C=O) groups is 1. The van der Waals surface area contributed by atoms with Crippen LogP contribution in [0, 0.1) is 16.0 Å². The largest absolute Gasteiger partial charge is 0.349 e. The first-order chi connectivity index (χ1) is 8.86. The summed E-state index contributed by atoms with van der Waals surface area (Å²) in [6, 6.07) is 3.90. The summed E-state index contributed by atoms with van der Waals surface area (Å²) >= 11 is 9.03. The minimum atomic E-state index is -0.612. The zero-order valence-corrected chi connectivity index (χ0v) is 12.9. The molecule has 1 rings (SSSR count). The molecule has 1 aromatic rings. The Labute approximate surface area is 124 Å². The van der Waals surface area contributed by atoms with E-state index in [2.05, 4.69) is 21.2 Å². The molecule has 0 saturated heterocycles. The molecule has 0 aliphatic heterocycles. The second-order valence-corrected chi connectivity index (χ2v) is 5.40. The predicted molar refractivity (Wildman–Crippen MR) is 78.0 cm³/mol. The third-order valence-electron chi connectivity index (χ3n) is 2.86. The summed E-state index contributed by atoms with van der Waals surface area (Å²) in [5, 5.41) is 14.6. The van der Waals surface area contributed by atoms with Crippen LogP contribution in [0.25, 0.3) is 0 Å². The number of nitrogens with one attached hydrogen (secondary N) is 1. The SMILES string of the molecule is CC(CBr)C(C)NC(=O)c1ccc(Cl)cc1[N+](=O)[O-]. The monoisotopic (exact) mass is 348 g/mol. The fraction of sp³-hybridized carbons (Fsp3) is 0.417. The smallest absolute Gasteiger partial charge is 0.283 e. The van der Waals surface area contributed by atoms with E-state index in [1.54, 1.807) is 0 Å². The van der Waals surface area contributed by atoms with Gasteiger partial charge in [-0.3, -0.25) is 14.9 Å². The standard InChI is InChI=1S/C12H14BrClN2O3/c1-7(6-13)8(2)15-12(17)10-4-3-9(14)5-11(10)16(18)19/h3-5,7-8H,6H2,1-2H3,(H,15,17). The summed E-state index contributed by atoms with van der Waals surface area (Å²) in [7, 11) is 0. The van der Waals surface area contributed by atoms with E-state index in [1.165, 1.54) is 18.2 Å². The molecule has 0 bridgehead atoms. The molecule has 19 heavy (non-hydrogen) atoms. The van der Waals surface area contributed by atoms with Crippen LogP contribution in [0.3, 0.4) is 0 Å². The molecule has 0 aromatic heterocycles. The van der Waals surface area contributed by atoms with Gasteiger partial charge < -0.3 is 5.32 Å². The van der Waals surface area contributed by atoms with E-state index in [9.17, 15) is 14.9 Å². The van der Waals surface area contributed by atoms with E-state index in [0.29, 0.717) is 0 Å². The summed E-state index contributed by atoms with van der Waals surface area (Å²) in [5.74, 6) is -0.251. The molecule has 2 atom stereocenters. The van der Waals surface area contributed by atoms with Gasteiger partial charge in [-0.05, 0) is 25.0 Å². The molecule has 0 fully saturated rings. The third kappa shape index (κ3) is 4.18. The first-order valence-electron chi connectivity index (χ1n) is 5.67. The van der Waals surface area contributed by atoms with Gasteiger partial charge in [0.2, 0.25) is 0 Å². The van der Waals surface area contributed by atoms with Crippen LogP contribution >= 0.6 is 27.5 Å². The van der Waals surface area contributed by atoms with Crippen molar-refractivity contribution < 1.29 is 9.72 Å². The number of benzene rings is 1. The van der Waals surface area contributed by atoms with Crippen LogP contribution in [-0.4, -0.2) is 22.2 Å². The number of rotatable bonds is 5. The molecule has 0 spiro atoms. The van der Waals surface area contributed by atoms with Crippen LogP contribution in [0.5, 0.6) is 0 Å². The summed E-state index contributed by atoms with van der Waals surface area (Å²) < 4.78 is 0. The quantitative estimate of drug-likeness (QED) is 0.503. The molecular formula is C12H14BrClN2O3. The number of halogens is 2. The highest BCUT2D eigenvalue weighted by Crippen LogP contribution is 2.23. The van der Waals surface area contributed by atoms with Gasteiger partial charge in [0.1, 0.15) is 5.56 Å². The highest BCUT2D eigenvalue weighted by atomic mass is 79.9. The first-order valence-corrected chi connectivity index (χ1v) is 7.17. The molecule has 0 aliphatic carbocycles. The molecule has 1 N–H and O–H groups in total. The summed E-state index contributed by atoms with van der Waals surface area (Å²) in [6.45, 7) is 3.82. The molecule has 1 aromatic carbocycles. The number of alkyl halides is 1. The maximum atomic E-state index is 12.0. The summed E-state index contributed by atoms with van der Waals surface area (Å²) in [5.41, 5.74) is -0.272. The zero-order chi connectivity index (χ0) is 14.6. The predicted octanol–water partition coefficient (Wildman–Crippen LogP) is 3.40. The Morgan fingerprint density at radius 2 is 2.16 bits per heavy atom. The van der Waals surface area contributed by atoms with Crippen LogP contribution in [0.1, 0.15) is 24.2 Å². The Morgan fingerprint density at radius 3 is 2.68 bits per heavy atom. The van der Waals surface area contributed by atoms with Crippen molar-refractivity contribution in [1.29, 1.82) is 0 Å². The number of hydrogen-bond donors (Lipinski definition) is 1. The number of nitrogens with zero attached hydrogens (tertiary/aromatic N) is 1. The molecule has 2 unspecified atom stereocenters. The number of amides is 1. The van der Waals surface area contributed by atoms with E-state index in [-0.39, 0.29) is 28.2 Å². The Balaban J connectivity index is 2.97. The van der Waals surface area contributed by atoms with E-state index in [4.69, 9.17) is 11.6 Å². The third-order valence-corrected chi connectivity index (χ3v) is 4.11. The van der Waals surface area contributed by atoms with Crippen molar-refractivity contribution >= 4 is 39.1 Å². The molecule has 1 amide bonds. The highest BCUT2D eigenvalue weighted by Gasteiger charge is 2.22. The van der Waals surface area contributed by atoms with Gasteiger partial charge >= 0.3 is 0 Å². The van der Waals surface area contributed by atoms with E-state index in [1.807, 2.05) is 13.8 Å². The van der Waals surface area contributed by atoms with Gasteiger partial charge in [-0.25, -0.2) is 0 Å². The molecule has 104 valence electrons. The fourth-order valence-corrected chi connectivity index (χ4v) is 2.14. The van der Waals surface area contributed by atoms with Gasteiger partial charge in [-0.1, -0.05) is 34.5 Å². The minimum Gasteiger partial charge on any atom is -0.349 e. The van der Waals surface area contributed by atoms with Crippen LogP contribution in [0.2, 0.25) is 5.02 Å². The van der Waals surface area contributed by atoms with Crippen molar-refractivity contribution in [3.8, 4) is 0 Å². The second-order valence-electron chi connectivity index (χ2n) is 4.31. The van der Waals surface area contributed by atoms with Crippen molar-refractivity contribution in [2.24, 2.45) is 5.92 Å². The second kappa shape index (κ2) is 6.86. The van der Waals surface area contributed by atoms with E-state index >= 15 is 0 Å². The van der Waals surface area contributed by atoms with Crippen LogP contribution in [0.15, 0.2) is 18.2 Å². The topological polar surface area (TPSA) is 72.2 Å². The Morgan fingerprint density at radius 1 is 1.53 bits per heavy atom. The van der Waals surface area contributed by atoms with Gasteiger partial charge in [0, 0.05) is 22.5 Å². The van der Waals surface area contributed by atoms with E-state index in [0.717, 1.165) is 5.33 Å². The zero-order valence-electron chi connectivity index (χ0n) is 10.5. The summed E-state index contributed by atoms with van der Waals surface area (Å²) in [4.78, 5) is 22.3. The Hall–Kier alpha value is -1.14. The lowest BCUT2D eigenvalue weighted by Gasteiger charge is -2.19. The lowest BCUT2D eigenvalue weighted by Crippen LogP contribution is -2.37. The van der Waals surface area contributed by atoms with E-state index < -0.39 is 10.8 Å². The fourth-order valence-electron chi connectivity index (χ4n) is 1.41. The molecule has 7 heteroatoms. The molecular weight excluding hydrogens is 336 g/mol. The maximum absolute atomic E-state index is 12.0. The van der Waals surface area contributed by atoms with Crippen LogP contribution < -0.4 is 5.32 Å². The normalized spacial score (nSPS) is 13.7. The van der Waals surface area contributed by atoms with Gasteiger partial charge in [0.05, 0.1) is 4.92 Å². The average Bonchev–Trinajstić information content (AvgIpc) is 2.37. The number of nitro groups is 1. The molecule has 0 saturated carbocycles. The van der Waals surface area contributed by atoms with Crippen LogP contribution in [0.4, 0.5) is 5.69 Å². The highest BCUT2D eigenvalue weighted by molar-refractivity contribution is 9.09. The van der Waals surface area contributed by atoms with Crippen LogP contribution in [-0.2, 0) is 0 Å². The number of nitro benzene ring substituents is 1. The lowest BCUT2D eigenvalue weighted by molar-refractivity contribution is -0.385. The van der Waals surface area contributed by atoms with Crippen molar-refractivity contribution in [2.75, 3.05) is 5.33 Å². The average molecular weight is 350 g/mol. The van der Waals surface area contributed by atoms with Crippen molar-refractivity contribution in [3.05, 3.63) is 38.9 Å². The van der Waals surface area contributed by atoms with Gasteiger partial charge in [-0.2, -0.15) is 0 Å².